The second-order valence-corrected chi connectivity index (χ2v) is 5.44. The van der Waals surface area contributed by atoms with Crippen LogP contribution in [0.2, 0.25) is 0 Å². The van der Waals surface area contributed by atoms with Gasteiger partial charge in [0.15, 0.2) is 6.10 Å². The minimum Gasteiger partial charge on any atom is -0.481 e. The largest absolute Gasteiger partial charge is 0.481 e. The van der Waals surface area contributed by atoms with Crippen LogP contribution in [-0.2, 0) is 9.53 Å². The van der Waals surface area contributed by atoms with E-state index in [-0.39, 0.29) is 11.7 Å². The van der Waals surface area contributed by atoms with Gasteiger partial charge in [-0.25, -0.2) is 9.18 Å². The summed E-state index contributed by atoms with van der Waals surface area (Å²) in [6.45, 7) is 1.58. The van der Waals surface area contributed by atoms with Gasteiger partial charge in [0.05, 0.1) is 12.1 Å². The Morgan fingerprint density at radius 1 is 1.18 bits per heavy atom. The van der Waals surface area contributed by atoms with Crippen LogP contribution in [0.15, 0.2) is 36.4 Å². The van der Waals surface area contributed by atoms with Crippen LogP contribution < -0.4 is 10.1 Å². The number of ether oxygens (including phenoxy) is 2. The van der Waals surface area contributed by atoms with Crippen molar-refractivity contribution in [1.82, 2.24) is 0 Å². The van der Waals surface area contributed by atoms with Gasteiger partial charge in [0.2, 0.25) is 0 Å². The van der Waals surface area contributed by atoms with Crippen molar-refractivity contribution < 1.29 is 23.5 Å². The highest BCUT2D eigenvalue weighted by Crippen LogP contribution is 2.23. The number of nitrogens with one attached hydrogen (secondary N) is 1. The highest BCUT2D eigenvalue weighted by Gasteiger charge is 2.17. The average molecular weight is 323 g/mol. The fourth-order valence-electron chi connectivity index (χ4n) is 1.61. The molecule has 0 unspecified atom stereocenters. The predicted molar refractivity (Wildman–Crippen MR) is 80.8 cm³/mol. The molecule has 0 bridgehead atoms. The van der Waals surface area contributed by atoms with E-state index in [1.54, 1.807) is 19.1 Å². The third kappa shape index (κ3) is 4.05. The van der Waals surface area contributed by atoms with Crippen LogP contribution in [0.4, 0.5) is 9.39 Å². The first-order chi connectivity index (χ1) is 10.5. The first kappa shape index (κ1) is 16.0. The molecule has 116 valence electrons. The van der Waals surface area contributed by atoms with Gasteiger partial charge in [0, 0.05) is 0 Å². The van der Waals surface area contributed by atoms with Crippen molar-refractivity contribution in [3.63, 3.8) is 0 Å². The Kier molecular flexibility index (Phi) is 5.11. The number of halogens is 1. The molecule has 0 aliphatic carbocycles. The Bertz CT molecular complexity index is 668. The quantitative estimate of drug-likeness (QED) is 0.859. The van der Waals surface area contributed by atoms with Crippen LogP contribution >= 0.6 is 11.3 Å². The topological polar surface area (TPSA) is 64.6 Å². The van der Waals surface area contributed by atoms with Crippen LogP contribution in [-0.4, -0.2) is 25.1 Å². The predicted octanol–water partition coefficient (Wildman–Crippen LogP) is 3.08. The highest BCUT2D eigenvalue weighted by atomic mass is 32.1. The Morgan fingerprint density at radius 2 is 1.86 bits per heavy atom. The third-order valence-electron chi connectivity index (χ3n) is 2.73. The van der Waals surface area contributed by atoms with E-state index in [0.29, 0.717) is 15.6 Å². The van der Waals surface area contributed by atoms with Gasteiger partial charge < -0.3 is 14.8 Å². The molecule has 1 N–H and O–H groups in total. The Morgan fingerprint density at radius 3 is 2.50 bits per heavy atom. The zero-order valence-corrected chi connectivity index (χ0v) is 12.8. The zero-order chi connectivity index (χ0) is 16.1. The van der Waals surface area contributed by atoms with Crippen LogP contribution in [0.5, 0.6) is 5.75 Å². The molecular weight excluding hydrogens is 309 g/mol. The smallest absolute Gasteiger partial charge is 0.348 e. The number of amides is 1. The fraction of sp³-hybridized carbons (Fsp3) is 0.200. The molecule has 0 radical (unpaired) electrons. The summed E-state index contributed by atoms with van der Waals surface area (Å²) in [5.74, 6) is -0.812. The summed E-state index contributed by atoms with van der Waals surface area (Å²) in [4.78, 5) is 23.7. The molecule has 2 rings (SSSR count). The van der Waals surface area contributed by atoms with Gasteiger partial charge in [-0.05, 0) is 43.3 Å². The second-order valence-electron chi connectivity index (χ2n) is 4.36. The first-order valence-corrected chi connectivity index (χ1v) is 7.22. The van der Waals surface area contributed by atoms with Gasteiger partial charge in [-0.1, -0.05) is 0 Å². The molecule has 5 nitrogen and oxygen atoms in total. The normalized spacial score (nSPS) is 11.6. The highest BCUT2D eigenvalue weighted by molar-refractivity contribution is 7.18. The van der Waals surface area contributed by atoms with Gasteiger partial charge in [0.25, 0.3) is 5.91 Å². The maximum absolute atomic E-state index is 12.8. The van der Waals surface area contributed by atoms with E-state index in [2.05, 4.69) is 10.1 Å². The Hall–Kier alpha value is -2.41. The summed E-state index contributed by atoms with van der Waals surface area (Å²) >= 11 is 1.11. The minimum absolute atomic E-state index is 0.373. The molecule has 0 aliphatic rings. The van der Waals surface area contributed by atoms with E-state index < -0.39 is 12.1 Å². The molecule has 1 heterocycles. The van der Waals surface area contributed by atoms with Crippen LogP contribution in [0.3, 0.4) is 0 Å². The van der Waals surface area contributed by atoms with E-state index in [0.717, 1.165) is 11.3 Å². The summed E-state index contributed by atoms with van der Waals surface area (Å²) in [5.41, 5.74) is 0. The number of anilines is 1. The molecule has 2 aromatic rings. The van der Waals surface area contributed by atoms with Crippen LogP contribution in [0.25, 0.3) is 0 Å². The second kappa shape index (κ2) is 7.04. The van der Waals surface area contributed by atoms with E-state index in [9.17, 15) is 14.0 Å². The average Bonchev–Trinajstić information content (AvgIpc) is 2.97. The van der Waals surface area contributed by atoms with Crippen molar-refractivity contribution in [1.29, 1.82) is 0 Å². The Balaban J connectivity index is 1.94. The molecule has 0 saturated heterocycles. The van der Waals surface area contributed by atoms with Crippen LogP contribution in [0, 0.1) is 5.82 Å². The van der Waals surface area contributed by atoms with E-state index >= 15 is 0 Å². The SMILES string of the molecule is COC(=O)c1ccc(NC(=O)[C@@H](C)Oc2ccc(F)cc2)s1. The molecule has 0 fully saturated rings. The Labute approximate surface area is 130 Å². The van der Waals surface area contributed by atoms with Crippen molar-refractivity contribution in [3.8, 4) is 5.75 Å². The van der Waals surface area contributed by atoms with Gasteiger partial charge in [-0.15, -0.1) is 11.3 Å². The zero-order valence-electron chi connectivity index (χ0n) is 12.0. The molecule has 0 aliphatic heterocycles. The van der Waals surface area contributed by atoms with Crippen molar-refractivity contribution >= 4 is 28.2 Å². The number of methoxy groups -OCH3 is 1. The molecule has 1 amide bonds. The number of hydrogen-bond donors (Lipinski definition) is 1. The fourth-order valence-corrected chi connectivity index (χ4v) is 2.44. The monoisotopic (exact) mass is 323 g/mol. The lowest BCUT2D eigenvalue weighted by Gasteiger charge is -2.13. The van der Waals surface area contributed by atoms with Gasteiger partial charge >= 0.3 is 5.97 Å². The maximum Gasteiger partial charge on any atom is 0.348 e. The van der Waals surface area contributed by atoms with E-state index in [1.165, 1.54) is 31.4 Å². The van der Waals surface area contributed by atoms with Gasteiger partial charge in [-0.2, -0.15) is 0 Å². The van der Waals surface area contributed by atoms with Crippen molar-refractivity contribution in [2.75, 3.05) is 12.4 Å². The molecule has 0 spiro atoms. The molecule has 22 heavy (non-hydrogen) atoms. The number of benzene rings is 1. The minimum atomic E-state index is -0.769. The number of carbonyl (C=O) groups is 2. The molecule has 1 atom stereocenters. The summed E-state index contributed by atoms with van der Waals surface area (Å²) in [7, 11) is 1.29. The molecule has 1 aromatic heterocycles. The lowest BCUT2D eigenvalue weighted by Crippen LogP contribution is -2.29. The third-order valence-corrected chi connectivity index (χ3v) is 3.72. The molecular formula is C15H14FNO4S. The van der Waals surface area contributed by atoms with Gasteiger partial charge in [-0.3, -0.25) is 4.79 Å². The number of esters is 1. The molecule has 0 saturated carbocycles. The summed E-state index contributed by atoms with van der Waals surface area (Å²) in [6.07, 6.45) is -0.769. The number of hydrogen-bond acceptors (Lipinski definition) is 5. The summed E-state index contributed by atoms with van der Waals surface area (Å²) < 4.78 is 22.8. The molecule has 1 aromatic carbocycles. The number of thiophene rings is 1. The molecule has 7 heteroatoms. The lowest BCUT2D eigenvalue weighted by atomic mass is 10.3. The lowest BCUT2D eigenvalue weighted by molar-refractivity contribution is -0.122. The van der Waals surface area contributed by atoms with Crippen molar-refractivity contribution in [2.45, 2.75) is 13.0 Å². The van der Waals surface area contributed by atoms with Crippen molar-refractivity contribution in [2.24, 2.45) is 0 Å². The standard InChI is InChI=1S/C15H14FNO4S/c1-9(21-11-5-3-10(16)4-6-11)14(18)17-13-8-7-12(22-13)15(19)20-2/h3-9H,1-2H3,(H,17,18)/t9-/m1/s1. The number of rotatable bonds is 5. The van der Waals surface area contributed by atoms with Gasteiger partial charge in [0.1, 0.15) is 16.4 Å². The van der Waals surface area contributed by atoms with Crippen molar-refractivity contribution in [3.05, 3.63) is 47.1 Å². The first-order valence-electron chi connectivity index (χ1n) is 6.41. The van der Waals surface area contributed by atoms with Crippen LogP contribution in [0.1, 0.15) is 16.6 Å². The van der Waals surface area contributed by atoms with E-state index in [4.69, 9.17) is 4.74 Å². The summed E-state index contributed by atoms with van der Waals surface area (Å²) in [6, 6.07) is 8.57. The van der Waals surface area contributed by atoms with E-state index in [1.807, 2.05) is 0 Å². The summed E-state index contributed by atoms with van der Waals surface area (Å²) in [5, 5.41) is 3.16. The maximum atomic E-state index is 12.8. The number of carbonyl (C=O) groups excluding carboxylic acids is 2.